The Balaban J connectivity index is 0. The zero-order valence-electron chi connectivity index (χ0n) is 26.4. The molecule has 1 aromatic carbocycles. The maximum absolute atomic E-state index is 5.46. The third kappa shape index (κ3) is 24.9. The van der Waals surface area contributed by atoms with Crippen molar-refractivity contribution in [1.29, 1.82) is 0 Å². The number of benzene rings is 1. The number of anilines is 1. The molecule has 1 N–H and O–H groups in total. The molecule has 226 valence electrons. The van der Waals surface area contributed by atoms with Gasteiger partial charge < -0.3 is 17.0 Å². The van der Waals surface area contributed by atoms with Crippen molar-refractivity contribution >= 4 is 12.9 Å². The van der Waals surface area contributed by atoms with Crippen LogP contribution in [0.3, 0.4) is 0 Å². The standard InChI is InChI=1S/C20H35NO.C14H32P.BrH/c1-2-3-4-5-6-7-8-9-10-11-12-16-19-22-21-20-17-14-13-15-18-20;1-5-9-12-15(8-4,13-10-6-2)14-11-7-3;/h13-15,17-18,21H,2-12,16,19H2,1H3;5-14H2,1-4H3;1H/q;+1;/p-1. The molecule has 1 aromatic rings. The Hall–Kier alpha value is -0.110. The highest BCUT2D eigenvalue weighted by molar-refractivity contribution is 7.75. The van der Waals surface area contributed by atoms with Gasteiger partial charge in [0.2, 0.25) is 0 Å². The van der Waals surface area contributed by atoms with Gasteiger partial charge in [-0.1, -0.05) is 136 Å². The summed E-state index contributed by atoms with van der Waals surface area (Å²) in [7, 11) is -0.527. The van der Waals surface area contributed by atoms with Gasteiger partial charge in [0.25, 0.3) is 0 Å². The van der Waals surface area contributed by atoms with E-state index in [0.717, 1.165) is 18.7 Å². The molecule has 0 aliphatic carbocycles. The quantitative estimate of drug-likeness (QED) is 0.0672. The van der Waals surface area contributed by atoms with Crippen LogP contribution in [0.2, 0.25) is 0 Å². The molecule has 1 rings (SSSR count). The van der Waals surface area contributed by atoms with Crippen LogP contribution in [-0.2, 0) is 4.84 Å². The second-order valence-electron chi connectivity index (χ2n) is 11.1. The number of halogens is 1. The Morgan fingerprint density at radius 2 is 0.921 bits per heavy atom. The predicted molar refractivity (Wildman–Crippen MR) is 174 cm³/mol. The zero-order valence-corrected chi connectivity index (χ0v) is 28.9. The summed E-state index contributed by atoms with van der Waals surface area (Å²) in [5.41, 5.74) is 4.01. The molecule has 0 heterocycles. The summed E-state index contributed by atoms with van der Waals surface area (Å²) >= 11 is 0. The Labute approximate surface area is 251 Å². The fourth-order valence-electron chi connectivity index (χ4n) is 4.95. The van der Waals surface area contributed by atoms with Crippen molar-refractivity contribution in [3.8, 4) is 0 Å². The molecule has 0 aliphatic heterocycles. The smallest absolute Gasteiger partial charge is 0.0746 e. The van der Waals surface area contributed by atoms with E-state index in [1.807, 2.05) is 30.3 Å². The Kier molecular flexibility index (Phi) is 33.1. The van der Waals surface area contributed by atoms with Crippen LogP contribution in [0.15, 0.2) is 30.3 Å². The molecular weight excluding hydrogens is 549 g/mol. The summed E-state index contributed by atoms with van der Waals surface area (Å²) in [6.07, 6.45) is 31.4. The Bertz CT molecular complexity index is 535. The van der Waals surface area contributed by atoms with Crippen LogP contribution in [0, 0.1) is 0 Å². The number of unbranched alkanes of at least 4 members (excludes halogenated alkanes) is 14. The van der Waals surface area contributed by atoms with Gasteiger partial charge in [0, 0.05) is 7.26 Å². The van der Waals surface area contributed by atoms with Gasteiger partial charge in [-0.25, -0.2) is 0 Å². The van der Waals surface area contributed by atoms with Gasteiger partial charge in [-0.2, -0.15) is 0 Å². The summed E-state index contributed by atoms with van der Waals surface area (Å²) in [6.45, 7) is 12.5. The first kappa shape index (κ1) is 40.0. The number of hydrogen-bond donors (Lipinski definition) is 1. The van der Waals surface area contributed by atoms with E-state index in [9.17, 15) is 0 Å². The molecule has 0 aliphatic rings. The highest BCUT2D eigenvalue weighted by Crippen LogP contribution is 2.60. The van der Waals surface area contributed by atoms with E-state index in [0.29, 0.717) is 0 Å². The van der Waals surface area contributed by atoms with Crippen LogP contribution < -0.4 is 22.5 Å². The Morgan fingerprint density at radius 1 is 0.526 bits per heavy atom. The lowest BCUT2D eigenvalue weighted by Crippen LogP contribution is -3.00. The third-order valence-corrected chi connectivity index (χ3v) is 12.8. The summed E-state index contributed by atoms with van der Waals surface area (Å²) in [5.74, 6) is 0. The molecule has 0 radical (unpaired) electrons. The van der Waals surface area contributed by atoms with Gasteiger partial charge in [0.15, 0.2) is 0 Å². The van der Waals surface area contributed by atoms with Crippen molar-refractivity contribution < 1.29 is 21.8 Å². The molecule has 0 fully saturated rings. The first-order chi connectivity index (χ1) is 18.2. The van der Waals surface area contributed by atoms with Crippen molar-refractivity contribution in [2.45, 2.75) is 150 Å². The fraction of sp³-hybridized carbons (Fsp3) is 0.824. The maximum atomic E-state index is 5.46. The zero-order chi connectivity index (χ0) is 27.3. The highest BCUT2D eigenvalue weighted by atomic mass is 79.9. The van der Waals surface area contributed by atoms with E-state index >= 15 is 0 Å². The lowest BCUT2D eigenvalue weighted by molar-refractivity contribution is -0.00000875. The monoisotopic (exact) mass is 615 g/mol. The van der Waals surface area contributed by atoms with E-state index in [1.165, 1.54) is 115 Å². The van der Waals surface area contributed by atoms with Gasteiger partial charge in [-0.15, -0.1) is 0 Å². The largest absolute Gasteiger partial charge is 1.00 e. The summed E-state index contributed by atoms with van der Waals surface area (Å²) in [5, 5.41) is 0. The van der Waals surface area contributed by atoms with E-state index in [-0.39, 0.29) is 17.0 Å². The van der Waals surface area contributed by atoms with Crippen molar-refractivity contribution in [3.63, 3.8) is 0 Å². The minimum absolute atomic E-state index is 0. The topological polar surface area (TPSA) is 21.3 Å². The molecule has 4 heteroatoms. The lowest BCUT2D eigenvalue weighted by atomic mass is 10.1. The van der Waals surface area contributed by atoms with Gasteiger partial charge in [-0.3, -0.25) is 10.3 Å². The van der Waals surface area contributed by atoms with Gasteiger partial charge in [0.05, 0.1) is 36.9 Å². The molecule has 38 heavy (non-hydrogen) atoms. The predicted octanol–water partition coefficient (Wildman–Crippen LogP) is 9.16. The minimum atomic E-state index is -0.527. The van der Waals surface area contributed by atoms with E-state index in [2.05, 4.69) is 40.1 Å². The van der Waals surface area contributed by atoms with E-state index in [4.69, 9.17) is 4.84 Å². The van der Waals surface area contributed by atoms with Crippen molar-refractivity contribution in [2.75, 3.05) is 36.7 Å². The summed E-state index contributed by atoms with van der Waals surface area (Å²) in [4.78, 5) is 5.46. The normalized spacial score (nSPS) is 11.0. The van der Waals surface area contributed by atoms with Crippen LogP contribution in [0.5, 0.6) is 0 Å². The van der Waals surface area contributed by atoms with E-state index in [1.54, 1.807) is 18.5 Å². The van der Waals surface area contributed by atoms with Crippen LogP contribution in [0.4, 0.5) is 5.69 Å². The molecule has 2 nitrogen and oxygen atoms in total. The first-order valence-electron chi connectivity index (χ1n) is 16.5. The summed E-state index contributed by atoms with van der Waals surface area (Å²) in [6, 6.07) is 10.1. The highest BCUT2D eigenvalue weighted by Gasteiger charge is 2.32. The lowest BCUT2D eigenvalue weighted by Gasteiger charge is -2.26. The molecule has 0 aromatic heterocycles. The molecule has 0 amide bonds. The second kappa shape index (κ2) is 31.4. The molecule has 0 saturated carbocycles. The average molecular weight is 617 g/mol. The van der Waals surface area contributed by atoms with Gasteiger partial charge in [-0.05, 0) is 44.7 Å². The number of nitrogens with one attached hydrogen (secondary N) is 1. The SMILES string of the molecule is CCCCCCCCCCCCCCONc1ccccc1.CCCC[P+](CC)(CCCC)CCCC.[Br-]. The van der Waals surface area contributed by atoms with Crippen LogP contribution in [-0.4, -0.2) is 31.3 Å². The van der Waals surface area contributed by atoms with Crippen molar-refractivity contribution in [3.05, 3.63) is 30.3 Å². The minimum Gasteiger partial charge on any atom is -1.00 e. The molecule has 0 saturated heterocycles. The molecule has 0 atom stereocenters. The second-order valence-corrected chi connectivity index (χ2v) is 15.8. The van der Waals surface area contributed by atoms with Crippen molar-refractivity contribution in [1.82, 2.24) is 0 Å². The van der Waals surface area contributed by atoms with Gasteiger partial charge in [0.1, 0.15) is 0 Å². The number of hydrogen-bond acceptors (Lipinski definition) is 2. The molecular formula is C34H67BrNOP. The molecule has 0 spiro atoms. The molecule has 0 bridgehead atoms. The number of para-hydroxylation sites is 1. The summed E-state index contributed by atoms with van der Waals surface area (Å²) < 4.78 is 0. The fourth-order valence-corrected chi connectivity index (χ4v) is 9.53. The molecule has 0 unspecified atom stereocenters. The first-order valence-corrected chi connectivity index (χ1v) is 19.0. The van der Waals surface area contributed by atoms with Crippen LogP contribution in [0.25, 0.3) is 0 Å². The van der Waals surface area contributed by atoms with Crippen molar-refractivity contribution in [2.24, 2.45) is 0 Å². The van der Waals surface area contributed by atoms with Crippen LogP contribution in [0.1, 0.15) is 150 Å². The Morgan fingerprint density at radius 3 is 1.32 bits per heavy atom. The third-order valence-electron chi connectivity index (χ3n) is 7.69. The number of rotatable bonds is 25. The van der Waals surface area contributed by atoms with Gasteiger partial charge >= 0.3 is 0 Å². The van der Waals surface area contributed by atoms with E-state index < -0.39 is 7.26 Å². The van der Waals surface area contributed by atoms with Crippen LogP contribution >= 0.6 is 7.26 Å². The average Bonchev–Trinajstić information content (AvgIpc) is 2.94. The maximum Gasteiger partial charge on any atom is 0.0746 e.